The van der Waals surface area contributed by atoms with Gasteiger partial charge >= 0.3 is 5.97 Å². The monoisotopic (exact) mass is 375 g/mol. The van der Waals surface area contributed by atoms with E-state index in [0.717, 1.165) is 47.0 Å². The fourth-order valence-electron chi connectivity index (χ4n) is 2.88. The van der Waals surface area contributed by atoms with Crippen LogP contribution in [0.4, 0.5) is 0 Å². The average Bonchev–Trinajstić information content (AvgIpc) is 3.01. The van der Waals surface area contributed by atoms with Crippen LogP contribution in [0.25, 0.3) is 11.3 Å². The van der Waals surface area contributed by atoms with Crippen molar-refractivity contribution in [2.24, 2.45) is 0 Å². The van der Waals surface area contributed by atoms with Crippen molar-refractivity contribution >= 4 is 23.1 Å². The number of aryl methyl sites for hydroxylation is 1. The van der Waals surface area contributed by atoms with E-state index in [0.29, 0.717) is 12.2 Å². The van der Waals surface area contributed by atoms with Crippen LogP contribution in [0.5, 0.6) is 0 Å². The number of carbonyl (C=O) groups is 2. The van der Waals surface area contributed by atoms with Crippen LogP contribution in [0.1, 0.15) is 45.9 Å². The van der Waals surface area contributed by atoms with E-state index in [1.54, 1.807) is 29.5 Å². The van der Waals surface area contributed by atoms with Gasteiger partial charge in [-0.1, -0.05) is 18.2 Å². The Bertz CT molecular complexity index is 795. The Hall–Kier alpha value is -2.09. The number of thiazole rings is 1. The molecule has 0 radical (unpaired) electrons. The summed E-state index contributed by atoms with van der Waals surface area (Å²) in [5, 5.41) is 9.72. The van der Waals surface area contributed by atoms with Gasteiger partial charge in [0, 0.05) is 17.7 Å². The molecule has 1 aliphatic heterocycles. The molecule has 2 aromatic rings. The fourth-order valence-corrected chi connectivity index (χ4v) is 3.76. The van der Waals surface area contributed by atoms with Gasteiger partial charge in [0.05, 0.1) is 22.2 Å². The van der Waals surface area contributed by atoms with Crippen molar-refractivity contribution in [2.45, 2.75) is 45.5 Å². The summed E-state index contributed by atoms with van der Waals surface area (Å²) in [4.78, 5) is 28.3. The number of ether oxygens (including phenoxy) is 2. The molecule has 1 aromatic heterocycles. The van der Waals surface area contributed by atoms with Crippen LogP contribution < -0.4 is 0 Å². The molecule has 138 valence electrons. The molecule has 2 heterocycles. The SMILES string of the molecule is Cc1nc(-c2cccc(C(=O)CC(=O)O)c2)c(COC2CCCCO2)s1. The number of benzene rings is 1. The van der Waals surface area contributed by atoms with Gasteiger partial charge < -0.3 is 14.6 Å². The van der Waals surface area contributed by atoms with Gasteiger partial charge in [0.25, 0.3) is 0 Å². The van der Waals surface area contributed by atoms with E-state index < -0.39 is 18.2 Å². The van der Waals surface area contributed by atoms with Crippen molar-refractivity contribution in [3.05, 3.63) is 39.7 Å². The summed E-state index contributed by atoms with van der Waals surface area (Å²) in [5.41, 5.74) is 1.93. The van der Waals surface area contributed by atoms with Gasteiger partial charge in [-0.3, -0.25) is 9.59 Å². The molecule has 1 N–H and O–H groups in total. The first kappa shape index (κ1) is 18.7. The lowest BCUT2D eigenvalue weighted by atomic mass is 10.0. The minimum Gasteiger partial charge on any atom is -0.481 e. The molecule has 0 saturated carbocycles. The zero-order valence-corrected chi connectivity index (χ0v) is 15.4. The zero-order valence-electron chi connectivity index (χ0n) is 14.6. The molecule has 0 amide bonds. The maximum absolute atomic E-state index is 12.0. The normalized spacial score (nSPS) is 17.2. The number of rotatable bonds is 7. The zero-order chi connectivity index (χ0) is 18.5. The quantitative estimate of drug-likeness (QED) is 0.585. The Morgan fingerprint density at radius 1 is 1.38 bits per heavy atom. The number of aromatic nitrogens is 1. The average molecular weight is 375 g/mol. The predicted molar refractivity (Wildman–Crippen MR) is 97.3 cm³/mol. The minimum atomic E-state index is -1.13. The van der Waals surface area contributed by atoms with Crippen molar-refractivity contribution in [3.63, 3.8) is 0 Å². The Labute approximate surface area is 155 Å². The van der Waals surface area contributed by atoms with E-state index in [1.807, 2.05) is 13.0 Å². The molecule has 1 unspecified atom stereocenters. The molecule has 7 heteroatoms. The summed E-state index contributed by atoms with van der Waals surface area (Å²) in [6.07, 6.45) is 2.37. The van der Waals surface area contributed by atoms with Crippen LogP contribution in [0, 0.1) is 6.92 Å². The number of aliphatic carboxylic acids is 1. The summed E-state index contributed by atoms with van der Waals surface area (Å²) in [5.74, 6) is -1.55. The third-order valence-corrected chi connectivity index (χ3v) is 5.06. The van der Waals surface area contributed by atoms with E-state index >= 15 is 0 Å². The van der Waals surface area contributed by atoms with E-state index in [9.17, 15) is 9.59 Å². The van der Waals surface area contributed by atoms with Gasteiger partial charge in [0.1, 0.15) is 6.42 Å². The molecule has 1 aliphatic rings. The number of nitrogens with zero attached hydrogens (tertiary/aromatic N) is 1. The highest BCUT2D eigenvalue weighted by Gasteiger charge is 2.18. The Kier molecular flexibility index (Phi) is 6.13. The van der Waals surface area contributed by atoms with Crippen molar-refractivity contribution in [1.29, 1.82) is 0 Å². The molecule has 6 nitrogen and oxygen atoms in total. The highest BCUT2D eigenvalue weighted by molar-refractivity contribution is 7.12. The molecule has 1 atom stereocenters. The summed E-state index contributed by atoms with van der Waals surface area (Å²) >= 11 is 1.55. The van der Waals surface area contributed by atoms with Gasteiger partial charge in [0.15, 0.2) is 12.1 Å². The second kappa shape index (κ2) is 8.53. The van der Waals surface area contributed by atoms with Crippen molar-refractivity contribution in [2.75, 3.05) is 6.61 Å². The lowest BCUT2D eigenvalue weighted by Gasteiger charge is -2.22. The highest BCUT2D eigenvalue weighted by atomic mass is 32.1. The van der Waals surface area contributed by atoms with Crippen LogP contribution in [-0.2, 0) is 20.9 Å². The van der Waals surface area contributed by atoms with Crippen LogP contribution in [0.15, 0.2) is 24.3 Å². The lowest BCUT2D eigenvalue weighted by Crippen LogP contribution is -2.21. The third-order valence-electron chi connectivity index (χ3n) is 4.11. The molecule has 1 saturated heterocycles. The van der Waals surface area contributed by atoms with Gasteiger partial charge in [-0.2, -0.15) is 0 Å². The summed E-state index contributed by atoms with van der Waals surface area (Å²) in [6.45, 7) is 3.06. The van der Waals surface area contributed by atoms with Crippen molar-refractivity contribution in [1.82, 2.24) is 4.98 Å². The maximum Gasteiger partial charge on any atom is 0.311 e. The van der Waals surface area contributed by atoms with Crippen LogP contribution in [-0.4, -0.2) is 34.7 Å². The summed E-state index contributed by atoms with van der Waals surface area (Å²) in [6, 6.07) is 6.93. The van der Waals surface area contributed by atoms with E-state index in [-0.39, 0.29) is 6.29 Å². The molecule has 1 fully saturated rings. The van der Waals surface area contributed by atoms with E-state index in [2.05, 4.69) is 4.98 Å². The second-order valence-corrected chi connectivity index (χ2v) is 7.47. The summed E-state index contributed by atoms with van der Waals surface area (Å²) in [7, 11) is 0. The van der Waals surface area contributed by atoms with Crippen LogP contribution in [0.3, 0.4) is 0 Å². The predicted octanol–water partition coefficient (Wildman–Crippen LogP) is 3.82. The van der Waals surface area contributed by atoms with Crippen LogP contribution >= 0.6 is 11.3 Å². The molecule has 1 aromatic carbocycles. The first-order chi connectivity index (χ1) is 12.5. The number of carboxylic acid groups (broad SMARTS) is 1. The topological polar surface area (TPSA) is 85.7 Å². The Balaban J connectivity index is 1.78. The van der Waals surface area contributed by atoms with E-state index in [1.165, 1.54) is 0 Å². The molecular formula is C19H21NO5S. The lowest BCUT2D eigenvalue weighted by molar-refractivity contribution is -0.168. The Morgan fingerprint density at radius 3 is 2.96 bits per heavy atom. The fraction of sp³-hybridized carbons (Fsp3) is 0.421. The first-order valence-corrected chi connectivity index (χ1v) is 9.39. The van der Waals surface area contributed by atoms with Gasteiger partial charge in [-0.15, -0.1) is 11.3 Å². The maximum atomic E-state index is 12.0. The molecule has 26 heavy (non-hydrogen) atoms. The number of carbonyl (C=O) groups excluding carboxylic acids is 1. The van der Waals surface area contributed by atoms with E-state index in [4.69, 9.17) is 14.6 Å². The number of carboxylic acids is 1. The first-order valence-electron chi connectivity index (χ1n) is 8.58. The molecule has 0 spiro atoms. The summed E-state index contributed by atoms with van der Waals surface area (Å²) < 4.78 is 11.5. The highest BCUT2D eigenvalue weighted by Crippen LogP contribution is 2.30. The second-order valence-electron chi connectivity index (χ2n) is 6.19. The number of hydrogen-bond acceptors (Lipinski definition) is 6. The van der Waals surface area contributed by atoms with Crippen LogP contribution in [0.2, 0.25) is 0 Å². The van der Waals surface area contributed by atoms with Crippen molar-refractivity contribution < 1.29 is 24.2 Å². The number of Topliss-reactive ketones (excluding diaryl/α,β-unsaturated/α-hetero) is 1. The van der Waals surface area contributed by atoms with Crippen molar-refractivity contribution in [3.8, 4) is 11.3 Å². The molecule has 3 rings (SSSR count). The molecule has 0 aliphatic carbocycles. The standard InChI is InChI=1S/C19H21NO5S/c1-12-20-19(16(26-12)11-25-18-7-2-3-8-24-18)14-6-4-5-13(9-14)15(21)10-17(22)23/h4-6,9,18H,2-3,7-8,10-11H2,1H3,(H,22,23). The minimum absolute atomic E-state index is 0.178. The van der Waals surface area contributed by atoms with Gasteiger partial charge in [0.2, 0.25) is 0 Å². The molecular weight excluding hydrogens is 354 g/mol. The number of ketones is 1. The third kappa shape index (κ3) is 4.75. The Morgan fingerprint density at radius 2 is 2.23 bits per heavy atom. The van der Waals surface area contributed by atoms with Gasteiger partial charge in [-0.25, -0.2) is 4.98 Å². The largest absolute Gasteiger partial charge is 0.481 e. The number of hydrogen-bond donors (Lipinski definition) is 1. The smallest absolute Gasteiger partial charge is 0.311 e. The molecule has 0 bridgehead atoms. The van der Waals surface area contributed by atoms with Gasteiger partial charge in [-0.05, 0) is 32.3 Å².